The quantitative estimate of drug-likeness (QED) is 0.300. The fourth-order valence-electron chi connectivity index (χ4n) is 4.57. The topological polar surface area (TPSA) is 68.7 Å². The lowest BCUT2D eigenvalue weighted by Gasteiger charge is -2.23. The van der Waals surface area contributed by atoms with E-state index < -0.39 is 0 Å². The Bertz CT molecular complexity index is 1040. The molecular formula is C26H31ClN2O4. The number of furan rings is 1. The average molecular weight is 471 g/mol. The number of aromatic nitrogens is 1. The zero-order chi connectivity index (χ0) is 23.2. The van der Waals surface area contributed by atoms with Gasteiger partial charge in [-0.05, 0) is 63.3 Å². The van der Waals surface area contributed by atoms with Crippen LogP contribution >= 0.6 is 11.6 Å². The monoisotopic (exact) mass is 470 g/mol. The third kappa shape index (κ3) is 5.50. The Morgan fingerprint density at radius 1 is 1.27 bits per heavy atom. The minimum Gasteiger partial charge on any atom is -0.461 e. The molecule has 1 aliphatic heterocycles. The summed E-state index contributed by atoms with van der Waals surface area (Å²) in [5.41, 5.74) is 2.53. The number of benzene rings is 1. The number of Topliss-reactive ketones (excluding diaryl/α,β-unsaturated/α-hetero) is 1. The predicted octanol–water partition coefficient (Wildman–Crippen LogP) is 6.44. The van der Waals surface area contributed by atoms with Crippen molar-refractivity contribution in [2.75, 3.05) is 24.6 Å². The van der Waals surface area contributed by atoms with Crippen molar-refractivity contribution < 1.29 is 18.5 Å². The van der Waals surface area contributed by atoms with Gasteiger partial charge in [-0.2, -0.15) is 0 Å². The number of halogens is 1. The summed E-state index contributed by atoms with van der Waals surface area (Å²) in [6, 6.07) is 11.1. The lowest BCUT2D eigenvalue weighted by Crippen LogP contribution is -2.26. The van der Waals surface area contributed by atoms with E-state index in [-0.39, 0.29) is 17.8 Å². The minimum absolute atomic E-state index is 0.0155. The Morgan fingerprint density at radius 2 is 2.15 bits per heavy atom. The largest absolute Gasteiger partial charge is 0.461 e. The second-order valence-corrected chi connectivity index (χ2v) is 8.95. The van der Waals surface area contributed by atoms with Gasteiger partial charge in [0, 0.05) is 41.8 Å². The van der Waals surface area contributed by atoms with Crippen LogP contribution in [0, 0.1) is 5.92 Å². The Labute approximate surface area is 199 Å². The van der Waals surface area contributed by atoms with Crippen molar-refractivity contribution in [1.82, 2.24) is 5.16 Å². The summed E-state index contributed by atoms with van der Waals surface area (Å²) in [7, 11) is 0. The maximum atomic E-state index is 13.5. The molecule has 1 saturated heterocycles. The fourth-order valence-corrected chi connectivity index (χ4v) is 4.76. The molecule has 0 spiro atoms. The van der Waals surface area contributed by atoms with Crippen LogP contribution in [0.25, 0.3) is 11.3 Å². The Balaban J connectivity index is 1.74. The first-order valence-electron chi connectivity index (χ1n) is 11.8. The van der Waals surface area contributed by atoms with Crippen molar-refractivity contribution in [1.29, 1.82) is 0 Å². The van der Waals surface area contributed by atoms with E-state index in [1.54, 1.807) is 18.4 Å². The highest BCUT2D eigenvalue weighted by Crippen LogP contribution is 2.36. The molecule has 1 aliphatic rings. The number of ether oxygens (including phenoxy) is 1. The lowest BCUT2D eigenvalue weighted by atomic mass is 9.87. The Kier molecular flexibility index (Phi) is 7.89. The van der Waals surface area contributed by atoms with Crippen molar-refractivity contribution in [2.45, 2.75) is 52.1 Å². The van der Waals surface area contributed by atoms with E-state index in [1.807, 2.05) is 24.3 Å². The summed E-state index contributed by atoms with van der Waals surface area (Å²) in [6.07, 6.45) is 5.71. The first-order valence-corrected chi connectivity index (χ1v) is 12.2. The second-order valence-electron chi connectivity index (χ2n) is 8.52. The van der Waals surface area contributed by atoms with E-state index in [4.69, 9.17) is 25.3 Å². The summed E-state index contributed by atoms with van der Waals surface area (Å²) in [5.74, 6) is 0.772. The van der Waals surface area contributed by atoms with Crippen LogP contribution in [0.2, 0.25) is 5.02 Å². The number of nitrogens with zero attached hydrogens (tertiary/aromatic N) is 2. The van der Waals surface area contributed by atoms with Crippen molar-refractivity contribution in [2.24, 2.45) is 5.92 Å². The number of hydrogen-bond donors (Lipinski definition) is 0. The van der Waals surface area contributed by atoms with Crippen LogP contribution < -0.4 is 4.90 Å². The SMILES string of the molecule is CCCN(CC)c1onc(-c2cccc(Cl)c2)c1CC(CC1CCCO1)C(=O)c1ccco1. The van der Waals surface area contributed by atoms with Crippen molar-refractivity contribution in [3.8, 4) is 11.3 Å². The lowest BCUT2D eigenvalue weighted by molar-refractivity contribution is 0.0705. The zero-order valence-corrected chi connectivity index (χ0v) is 20.0. The van der Waals surface area contributed by atoms with Crippen LogP contribution in [0.3, 0.4) is 0 Å². The smallest absolute Gasteiger partial charge is 0.231 e. The predicted molar refractivity (Wildman–Crippen MR) is 129 cm³/mol. The van der Waals surface area contributed by atoms with Gasteiger partial charge in [-0.1, -0.05) is 35.8 Å². The molecule has 0 saturated carbocycles. The average Bonchev–Trinajstić information content (AvgIpc) is 3.59. The molecule has 3 heterocycles. The molecule has 0 bridgehead atoms. The molecule has 33 heavy (non-hydrogen) atoms. The molecule has 2 unspecified atom stereocenters. The maximum Gasteiger partial charge on any atom is 0.231 e. The van der Waals surface area contributed by atoms with E-state index in [1.165, 1.54) is 0 Å². The van der Waals surface area contributed by atoms with Crippen molar-refractivity contribution >= 4 is 23.3 Å². The molecule has 4 rings (SSSR count). The third-order valence-electron chi connectivity index (χ3n) is 6.18. The van der Waals surface area contributed by atoms with Gasteiger partial charge in [0.1, 0.15) is 5.69 Å². The highest BCUT2D eigenvalue weighted by atomic mass is 35.5. The van der Waals surface area contributed by atoms with E-state index >= 15 is 0 Å². The van der Waals surface area contributed by atoms with Crippen molar-refractivity contribution in [3.63, 3.8) is 0 Å². The molecule has 0 amide bonds. The Hall–Kier alpha value is -2.57. The van der Waals surface area contributed by atoms with Crippen molar-refractivity contribution in [3.05, 3.63) is 59.0 Å². The molecule has 0 N–H and O–H groups in total. The highest BCUT2D eigenvalue weighted by molar-refractivity contribution is 6.30. The van der Waals surface area contributed by atoms with Crippen LogP contribution in [0.15, 0.2) is 51.6 Å². The first-order chi connectivity index (χ1) is 16.1. The van der Waals surface area contributed by atoms with Gasteiger partial charge in [-0.3, -0.25) is 4.79 Å². The summed E-state index contributed by atoms with van der Waals surface area (Å²) in [6.45, 7) is 6.61. The summed E-state index contributed by atoms with van der Waals surface area (Å²) in [5, 5.41) is 5.08. The zero-order valence-electron chi connectivity index (χ0n) is 19.3. The molecule has 6 nitrogen and oxygen atoms in total. The molecule has 176 valence electrons. The van der Waals surface area contributed by atoms with Crippen LogP contribution in [-0.2, 0) is 11.2 Å². The molecule has 0 radical (unpaired) electrons. The number of anilines is 1. The Morgan fingerprint density at radius 3 is 2.82 bits per heavy atom. The van der Waals surface area contributed by atoms with E-state index in [9.17, 15) is 4.79 Å². The van der Waals surface area contributed by atoms with E-state index in [0.717, 1.165) is 61.7 Å². The first kappa shape index (κ1) is 23.6. The highest BCUT2D eigenvalue weighted by Gasteiger charge is 2.32. The van der Waals surface area contributed by atoms with Gasteiger partial charge >= 0.3 is 0 Å². The molecular weight excluding hydrogens is 440 g/mol. The molecule has 3 aromatic rings. The molecule has 2 atom stereocenters. The van der Waals surface area contributed by atoms with E-state index in [0.29, 0.717) is 23.6 Å². The van der Waals surface area contributed by atoms with E-state index in [2.05, 4.69) is 23.9 Å². The van der Waals surface area contributed by atoms with Gasteiger partial charge in [0.25, 0.3) is 0 Å². The van der Waals surface area contributed by atoms with Gasteiger partial charge < -0.3 is 18.6 Å². The number of ketones is 1. The normalized spacial score (nSPS) is 16.8. The molecule has 1 fully saturated rings. The fraction of sp³-hybridized carbons (Fsp3) is 0.462. The third-order valence-corrected chi connectivity index (χ3v) is 6.42. The second kappa shape index (κ2) is 11.0. The number of rotatable bonds is 11. The summed E-state index contributed by atoms with van der Waals surface area (Å²) >= 11 is 6.28. The van der Waals surface area contributed by atoms with Crippen LogP contribution in [0.4, 0.5) is 5.88 Å². The van der Waals surface area contributed by atoms with Crippen LogP contribution in [0.5, 0.6) is 0 Å². The van der Waals surface area contributed by atoms with Crippen LogP contribution in [0.1, 0.15) is 55.6 Å². The minimum atomic E-state index is -0.310. The maximum absolute atomic E-state index is 13.5. The van der Waals surface area contributed by atoms with Gasteiger partial charge in [-0.25, -0.2) is 0 Å². The molecule has 2 aromatic heterocycles. The number of hydrogen-bond acceptors (Lipinski definition) is 6. The van der Waals surface area contributed by atoms with Gasteiger partial charge in [-0.15, -0.1) is 0 Å². The van der Waals surface area contributed by atoms with Gasteiger partial charge in [0.15, 0.2) is 5.76 Å². The molecule has 1 aromatic carbocycles. The number of carbonyl (C=O) groups excluding carboxylic acids is 1. The number of carbonyl (C=O) groups is 1. The summed E-state index contributed by atoms with van der Waals surface area (Å²) < 4.78 is 17.3. The van der Waals surface area contributed by atoms with Gasteiger partial charge in [0.2, 0.25) is 11.7 Å². The summed E-state index contributed by atoms with van der Waals surface area (Å²) in [4.78, 5) is 15.6. The van der Waals surface area contributed by atoms with Gasteiger partial charge in [0.05, 0.1) is 12.4 Å². The molecule has 7 heteroatoms. The standard InChI is InChI=1S/C26H31ClN2O4/c1-3-12-29(4-2)26-22(24(28-33-26)18-8-5-9-20(27)15-18)17-19(16-21-10-6-13-31-21)25(30)23-11-7-14-32-23/h5,7-9,11,14-15,19,21H,3-4,6,10,12-13,16-17H2,1-2H3. The molecule has 0 aliphatic carbocycles. The van der Waals surface area contributed by atoms with Crippen LogP contribution in [-0.4, -0.2) is 36.7 Å².